The molecule has 0 amide bonds. The zero-order valence-electron chi connectivity index (χ0n) is 6.65. The second kappa shape index (κ2) is 4.08. The minimum Gasteiger partial charge on any atom is -0.287 e. The molecular weight excluding hydrogens is 241 g/mol. The average molecular weight is 246 g/mol. The van der Waals surface area contributed by atoms with Crippen molar-refractivity contribution in [1.29, 1.82) is 0 Å². The zero-order valence-corrected chi connectivity index (χ0v) is 7.54. The van der Waals surface area contributed by atoms with Gasteiger partial charge in [0.1, 0.15) is 0 Å². The fourth-order valence-corrected chi connectivity index (χ4v) is 0.801. The van der Waals surface area contributed by atoms with Gasteiger partial charge < -0.3 is 0 Å². The number of halogens is 6. The predicted molar refractivity (Wildman–Crippen MR) is 32.7 cm³/mol. The lowest BCUT2D eigenvalue weighted by molar-refractivity contribution is -0.316. The van der Waals surface area contributed by atoms with Crippen molar-refractivity contribution in [3.63, 3.8) is 0 Å². The molecule has 0 saturated carbocycles. The molecule has 14 heavy (non-hydrogen) atoms. The third-order valence-corrected chi connectivity index (χ3v) is 1.92. The van der Waals surface area contributed by atoms with E-state index in [1.54, 1.807) is 0 Å². The maximum Gasteiger partial charge on any atom is 0.517 e. The summed E-state index contributed by atoms with van der Waals surface area (Å²) in [6, 6.07) is 0. The van der Waals surface area contributed by atoms with Gasteiger partial charge in [0, 0.05) is 7.11 Å². The first-order valence-electron chi connectivity index (χ1n) is 2.96. The van der Waals surface area contributed by atoms with Crippen LogP contribution in [0.2, 0.25) is 0 Å². The fraction of sp³-hybridized carbons (Fsp3) is 1.00. The topological polar surface area (TPSA) is 35.5 Å². The summed E-state index contributed by atoms with van der Waals surface area (Å²) < 4.78 is 87.8. The van der Waals surface area contributed by atoms with Crippen molar-refractivity contribution in [3.8, 4) is 0 Å². The van der Waals surface area contributed by atoms with Crippen LogP contribution in [0.4, 0.5) is 26.1 Å². The first kappa shape index (κ1) is 13.7. The molecule has 0 aromatic carbocycles. The maximum absolute atomic E-state index is 12.2. The van der Waals surface area contributed by atoms with E-state index in [4.69, 9.17) is 0 Å². The minimum atomic E-state index is -5.80. The van der Waals surface area contributed by atoms with Crippen molar-refractivity contribution in [2.75, 3.05) is 13.8 Å². The van der Waals surface area contributed by atoms with Gasteiger partial charge in [0.2, 0.25) is 0 Å². The van der Waals surface area contributed by atoms with Gasteiger partial charge in [-0.2, -0.15) is 17.6 Å². The Morgan fingerprint density at radius 2 is 1.71 bits per heavy atom. The number of hydrogen-bond acceptors (Lipinski definition) is 3. The highest BCUT2D eigenvalue weighted by molar-refractivity contribution is 7.48. The smallest absolute Gasteiger partial charge is 0.287 e. The molecule has 86 valence electrons. The normalized spacial score (nSPS) is 17.9. The molecule has 1 unspecified atom stereocenters. The van der Waals surface area contributed by atoms with E-state index in [1.165, 1.54) is 0 Å². The van der Waals surface area contributed by atoms with E-state index < -0.39 is 26.6 Å². The quantitative estimate of drug-likeness (QED) is 0.552. The first-order valence-corrected chi connectivity index (χ1v) is 4.39. The Labute approximate surface area is 74.6 Å². The van der Waals surface area contributed by atoms with Crippen molar-refractivity contribution in [1.82, 2.24) is 0 Å². The molecule has 0 aliphatic heterocycles. The van der Waals surface area contributed by atoms with E-state index in [9.17, 15) is 30.7 Å². The molecule has 0 rings (SSSR count). The lowest BCUT2D eigenvalue weighted by Crippen LogP contribution is -2.43. The lowest BCUT2D eigenvalue weighted by atomic mass is 10.3. The van der Waals surface area contributed by atoms with Crippen molar-refractivity contribution >= 4 is 7.91 Å². The summed E-state index contributed by atoms with van der Waals surface area (Å²) in [5.41, 5.74) is 0. The molecule has 0 aromatic rings. The van der Waals surface area contributed by atoms with Crippen LogP contribution in [-0.4, -0.2) is 25.8 Å². The van der Waals surface area contributed by atoms with Crippen LogP contribution in [-0.2, 0) is 13.6 Å². The third kappa shape index (κ3) is 3.14. The van der Waals surface area contributed by atoms with Crippen molar-refractivity contribution < 1.29 is 39.8 Å². The molecule has 1 atom stereocenters. The summed E-state index contributed by atoms with van der Waals surface area (Å²) in [4.78, 5) is 0. The molecular formula is C4H5F6O3P. The molecule has 0 aliphatic carbocycles. The molecule has 3 nitrogen and oxygen atoms in total. The van der Waals surface area contributed by atoms with Crippen LogP contribution in [0.25, 0.3) is 0 Å². The molecule has 0 saturated heterocycles. The predicted octanol–water partition coefficient (Wildman–Crippen LogP) is 2.92. The summed E-state index contributed by atoms with van der Waals surface area (Å²) in [7, 11) is -5.44. The summed E-state index contributed by atoms with van der Waals surface area (Å²) >= 11 is 0. The summed E-state index contributed by atoms with van der Waals surface area (Å²) in [5.74, 6) is -5.27. The van der Waals surface area contributed by atoms with Crippen molar-refractivity contribution in [2.24, 2.45) is 0 Å². The van der Waals surface area contributed by atoms with Gasteiger partial charge in [-0.05, 0) is 0 Å². The van der Waals surface area contributed by atoms with E-state index in [0.717, 1.165) is 0 Å². The van der Waals surface area contributed by atoms with Crippen LogP contribution in [0.1, 0.15) is 0 Å². The Morgan fingerprint density at radius 3 is 2.00 bits per heavy atom. The van der Waals surface area contributed by atoms with Gasteiger partial charge in [-0.3, -0.25) is 4.52 Å². The monoisotopic (exact) mass is 246 g/mol. The Kier molecular flexibility index (Phi) is 4.00. The van der Waals surface area contributed by atoms with Crippen LogP contribution >= 0.6 is 7.91 Å². The largest absolute Gasteiger partial charge is 0.517 e. The Hall–Kier alpha value is -0.270. The zero-order chi connectivity index (χ0) is 11.6. The maximum atomic E-state index is 12.2. The molecule has 0 aromatic heterocycles. The average Bonchev–Trinajstić information content (AvgIpc) is 2.02. The second-order valence-electron chi connectivity index (χ2n) is 2.06. The van der Waals surface area contributed by atoms with Gasteiger partial charge in [-0.15, -0.1) is 4.20 Å². The molecule has 0 fully saturated rings. The lowest BCUT2D eigenvalue weighted by Gasteiger charge is -2.23. The van der Waals surface area contributed by atoms with Crippen molar-refractivity contribution in [3.05, 3.63) is 0 Å². The van der Waals surface area contributed by atoms with Gasteiger partial charge >= 0.3 is 19.9 Å². The Bertz CT molecular complexity index is 243. The van der Waals surface area contributed by atoms with E-state index in [2.05, 4.69) is 9.05 Å². The minimum absolute atomic E-state index is 0.366. The van der Waals surface area contributed by atoms with Crippen LogP contribution in [0.15, 0.2) is 0 Å². The Balaban J connectivity index is 4.73. The van der Waals surface area contributed by atoms with Crippen LogP contribution in [0.3, 0.4) is 0 Å². The van der Waals surface area contributed by atoms with Crippen LogP contribution < -0.4 is 0 Å². The molecule has 0 aliphatic rings. The molecule has 10 heteroatoms. The Morgan fingerprint density at radius 1 is 1.29 bits per heavy atom. The summed E-state index contributed by atoms with van der Waals surface area (Å²) in [6.07, 6.45) is -5.54. The highest BCUT2D eigenvalue weighted by Gasteiger charge is 2.62. The highest BCUT2D eigenvalue weighted by atomic mass is 31.2. The number of rotatable bonds is 5. The number of hydrogen-bond donors (Lipinski definition) is 0. The SMILES string of the molecule is COP(=O)(F)OC(F)(F)C(F)(F)CF. The molecule has 0 spiro atoms. The molecule has 0 bridgehead atoms. The van der Waals surface area contributed by atoms with Crippen LogP contribution in [0, 0.1) is 0 Å². The standard InChI is InChI=1S/C4H5F6O3P/c1-12-14(10,11)13-4(8,9)3(6,7)2-5/h2H2,1H3. The highest BCUT2D eigenvalue weighted by Crippen LogP contribution is 2.56. The molecule has 0 N–H and O–H groups in total. The molecule has 0 heterocycles. The van der Waals surface area contributed by atoms with Gasteiger partial charge in [0.25, 0.3) is 0 Å². The van der Waals surface area contributed by atoms with Crippen molar-refractivity contribution in [2.45, 2.75) is 12.0 Å². The first-order chi connectivity index (χ1) is 6.08. The summed E-state index contributed by atoms with van der Waals surface area (Å²) in [5, 5.41) is 0. The van der Waals surface area contributed by atoms with E-state index in [1.807, 2.05) is 0 Å². The number of alkyl halides is 5. The van der Waals surface area contributed by atoms with Gasteiger partial charge in [-0.25, -0.2) is 13.5 Å². The van der Waals surface area contributed by atoms with Gasteiger partial charge in [0.15, 0.2) is 6.67 Å². The second-order valence-corrected chi connectivity index (χ2v) is 3.47. The molecule has 0 radical (unpaired) electrons. The van der Waals surface area contributed by atoms with Gasteiger partial charge in [0.05, 0.1) is 0 Å². The van der Waals surface area contributed by atoms with E-state index >= 15 is 0 Å². The van der Waals surface area contributed by atoms with Crippen LogP contribution in [0.5, 0.6) is 0 Å². The fourth-order valence-electron chi connectivity index (χ4n) is 0.319. The summed E-state index contributed by atoms with van der Waals surface area (Å²) in [6.45, 7) is -2.79. The van der Waals surface area contributed by atoms with E-state index in [-0.39, 0.29) is 0 Å². The third-order valence-electron chi connectivity index (χ3n) is 1.04. The van der Waals surface area contributed by atoms with Gasteiger partial charge in [-0.1, -0.05) is 0 Å². The van der Waals surface area contributed by atoms with E-state index in [0.29, 0.717) is 7.11 Å².